The second-order valence-corrected chi connectivity index (χ2v) is 19.3. The lowest BCUT2D eigenvalue weighted by molar-refractivity contribution is -0.131. The van der Waals surface area contributed by atoms with Crippen LogP contribution >= 0.6 is 0 Å². The second kappa shape index (κ2) is 21.6. The Morgan fingerprint density at radius 3 is 1.57 bits per heavy atom. The maximum absolute atomic E-state index is 13.8. The van der Waals surface area contributed by atoms with E-state index in [1.54, 1.807) is 12.1 Å². The van der Waals surface area contributed by atoms with E-state index in [1.807, 2.05) is 5.32 Å². The van der Waals surface area contributed by atoms with Crippen molar-refractivity contribution in [3.05, 3.63) is 120 Å². The summed E-state index contributed by atoms with van der Waals surface area (Å²) in [5.74, 6) is -4.89. The van der Waals surface area contributed by atoms with E-state index in [1.165, 1.54) is 86.6 Å². The second-order valence-electron chi connectivity index (χ2n) is 14.7. The highest BCUT2D eigenvalue weighted by Gasteiger charge is 2.31. The molecule has 0 unspecified atom stereocenters. The predicted molar refractivity (Wildman–Crippen MR) is 226 cm³/mol. The summed E-state index contributed by atoms with van der Waals surface area (Å²) in [5, 5.41) is 8.63. The summed E-state index contributed by atoms with van der Waals surface area (Å²) in [6.45, 7) is -0.724. The Labute approximate surface area is 378 Å². The number of anilines is 2. The molecule has 0 atom stereocenters. The summed E-state index contributed by atoms with van der Waals surface area (Å²) >= 11 is 0. The molecular formula is C41H39F6N9O9S2. The normalized spacial score (nSPS) is 15.3. The molecule has 7 rings (SSSR count). The van der Waals surface area contributed by atoms with Crippen molar-refractivity contribution in [3.8, 4) is 11.5 Å². The lowest BCUT2D eigenvalue weighted by Crippen LogP contribution is -2.49. The third-order valence-electron chi connectivity index (χ3n) is 10.0. The van der Waals surface area contributed by atoms with Gasteiger partial charge in [0.15, 0.2) is 25.5 Å². The molecule has 5 amide bonds. The van der Waals surface area contributed by atoms with Gasteiger partial charge < -0.3 is 19.5 Å². The van der Waals surface area contributed by atoms with Gasteiger partial charge in [-0.3, -0.25) is 29.4 Å². The molecule has 0 aliphatic carbocycles. The van der Waals surface area contributed by atoms with Gasteiger partial charge >= 0.3 is 24.9 Å². The van der Waals surface area contributed by atoms with Gasteiger partial charge in [-0.15, -0.1) is 10.2 Å². The smallest absolute Gasteiger partial charge is 0.324 e. The molecule has 0 radical (unpaired) electrons. The maximum Gasteiger partial charge on any atom is 0.324 e. The molecule has 2 saturated heterocycles. The van der Waals surface area contributed by atoms with Gasteiger partial charge in [0.1, 0.15) is 11.6 Å². The predicted octanol–water partition coefficient (Wildman–Crippen LogP) is 4.71. The molecule has 2 fully saturated rings. The zero-order valence-electron chi connectivity index (χ0n) is 34.9. The van der Waals surface area contributed by atoms with E-state index >= 15 is 0 Å². The highest BCUT2D eigenvalue weighted by molar-refractivity contribution is 7.91. The zero-order chi connectivity index (χ0) is 48.5. The number of nitrogens with one attached hydrogen (secondary N) is 1. The summed E-state index contributed by atoms with van der Waals surface area (Å²) in [7, 11) is -6.41. The number of aromatic nitrogens is 4. The number of carbonyl (C=O) groups is 4. The Morgan fingerprint density at radius 2 is 1.16 bits per heavy atom. The topological polar surface area (TPSA) is 226 Å². The summed E-state index contributed by atoms with van der Waals surface area (Å²) < 4.78 is 129. The molecule has 5 aromatic rings. The van der Waals surface area contributed by atoms with Crippen LogP contribution in [0.2, 0.25) is 0 Å². The van der Waals surface area contributed by atoms with Crippen LogP contribution in [0.15, 0.2) is 89.6 Å². The van der Waals surface area contributed by atoms with Crippen molar-refractivity contribution in [1.82, 2.24) is 35.3 Å². The summed E-state index contributed by atoms with van der Waals surface area (Å²) in [5.41, 5.74) is 1.61. The van der Waals surface area contributed by atoms with Crippen molar-refractivity contribution in [2.24, 2.45) is 0 Å². The Kier molecular flexibility index (Phi) is 15.9. The lowest BCUT2D eigenvalue weighted by Gasteiger charge is -2.32. The number of urea groups is 2. The fraction of sp³-hybridized carbons (Fsp3) is 0.317. The number of rotatable bonds is 12. The van der Waals surface area contributed by atoms with Crippen molar-refractivity contribution >= 4 is 54.8 Å². The van der Waals surface area contributed by atoms with Crippen molar-refractivity contribution in [3.63, 3.8) is 0 Å². The minimum absolute atomic E-state index is 0.00180. The van der Waals surface area contributed by atoms with Crippen LogP contribution in [-0.2, 0) is 37.6 Å². The maximum atomic E-state index is 13.8. The average Bonchev–Trinajstić information content (AvgIpc) is 3.80. The van der Waals surface area contributed by atoms with Gasteiger partial charge in [0.2, 0.25) is 5.89 Å². The van der Waals surface area contributed by atoms with Crippen molar-refractivity contribution in [1.29, 1.82) is 0 Å². The van der Waals surface area contributed by atoms with E-state index in [2.05, 4.69) is 20.2 Å². The van der Waals surface area contributed by atoms with Crippen LogP contribution in [0, 0.1) is 11.6 Å². The van der Waals surface area contributed by atoms with Crippen LogP contribution in [-0.4, -0.2) is 133 Å². The number of carbonyl (C=O) groups excluding carboxylic acids is 4. The van der Waals surface area contributed by atoms with Gasteiger partial charge in [0, 0.05) is 55.5 Å². The number of sulfone groups is 2. The molecule has 3 aromatic heterocycles. The molecule has 2 aliphatic rings. The molecule has 2 aliphatic heterocycles. The van der Waals surface area contributed by atoms with Gasteiger partial charge in [0.05, 0.1) is 59.6 Å². The largest absolute Gasteiger partial charge is 0.415 e. The molecule has 356 valence electrons. The average molecular weight is 980 g/mol. The SMILES string of the molecule is O=C(CNC(=O)C(F)F)c1ccc(CN(C(=O)N2CCS(=O)(=O)CC2)c2cccc(F)c2)nc1.O=C(N1CCS(=O)(=O)CC1)N(Cc1ccc(-c2nnc(C(F)F)o2)cn1)c1cccc(F)c1. The van der Waals surface area contributed by atoms with Crippen molar-refractivity contribution < 1.29 is 66.8 Å². The Bertz CT molecular complexity index is 2780. The highest BCUT2D eigenvalue weighted by atomic mass is 32.2. The van der Waals surface area contributed by atoms with Gasteiger partial charge in [-0.1, -0.05) is 12.1 Å². The van der Waals surface area contributed by atoms with E-state index in [4.69, 9.17) is 4.42 Å². The minimum Gasteiger partial charge on any atom is -0.415 e. The molecule has 5 heterocycles. The molecule has 18 nitrogen and oxygen atoms in total. The quantitative estimate of drug-likeness (QED) is 0.132. The number of nitrogens with zero attached hydrogens (tertiary/aromatic N) is 8. The van der Waals surface area contributed by atoms with Crippen LogP contribution in [0.5, 0.6) is 0 Å². The van der Waals surface area contributed by atoms with E-state index in [-0.39, 0.29) is 85.1 Å². The van der Waals surface area contributed by atoms with Crippen molar-refractivity contribution in [2.45, 2.75) is 25.9 Å². The first-order chi connectivity index (χ1) is 31.8. The van der Waals surface area contributed by atoms with Crippen LogP contribution in [0.1, 0.15) is 34.1 Å². The van der Waals surface area contributed by atoms with Crippen LogP contribution in [0.4, 0.5) is 47.3 Å². The van der Waals surface area contributed by atoms with Crippen LogP contribution in [0.3, 0.4) is 0 Å². The zero-order valence-corrected chi connectivity index (χ0v) is 36.5. The number of hydrogen-bond donors (Lipinski definition) is 1. The Morgan fingerprint density at radius 1 is 0.672 bits per heavy atom. The van der Waals surface area contributed by atoms with Crippen molar-refractivity contribution in [2.75, 3.05) is 65.5 Å². The molecule has 0 spiro atoms. The molecular weight excluding hydrogens is 941 g/mol. The van der Waals surface area contributed by atoms with E-state index in [9.17, 15) is 62.4 Å². The fourth-order valence-electron chi connectivity index (χ4n) is 6.41. The molecule has 0 bridgehead atoms. The molecule has 1 N–H and O–H groups in total. The summed E-state index contributed by atoms with van der Waals surface area (Å²) in [6, 6.07) is 15.6. The van der Waals surface area contributed by atoms with Gasteiger partial charge in [-0.25, -0.2) is 35.2 Å². The number of halogens is 6. The summed E-state index contributed by atoms with van der Waals surface area (Å²) in [6.07, 6.45) is -3.62. The van der Waals surface area contributed by atoms with Crippen LogP contribution in [0.25, 0.3) is 11.5 Å². The van der Waals surface area contributed by atoms with E-state index in [0.29, 0.717) is 17.0 Å². The van der Waals surface area contributed by atoms with E-state index < -0.39 is 80.3 Å². The standard InChI is InChI=1S/C21H21F3N4O5S.C20H18F3N5O4S/c22-15-2-1-3-17(10-15)28(21(31)27-6-8-34(32,33)9-7-27)13-16-5-4-14(11-25-16)18(29)12-26-20(30)19(23)24;21-14-2-1-3-16(10-14)28(20(29)27-6-8-33(30,31)9-7-27)12-15-5-4-13(11-24-15)18-25-26-19(32-18)17(22)23/h1-5,10-11,19H,6-9,12-13H2,(H,26,30);1-5,10-11,17H,6-9,12H2. The molecule has 2 aromatic carbocycles. The number of Topliss-reactive ketones (excluding diaryl/α,β-unsaturated/α-hetero) is 1. The minimum atomic E-state index is -3.24. The lowest BCUT2D eigenvalue weighted by atomic mass is 10.1. The van der Waals surface area contributed by atoms with Crippen LogP contribution < -0.4 is 15.1 Å². The third-order valence-corrected chi connectivity index (χ3v) is 13.3. The number of amides is 5. The number of benzene rings is 2. The Hall–Kier alpha value is -6.96. The number of ketones is 1. The first-order valence-electron chi connectivity index (χ1n) is 19.9. The van der Waals surface area contributed by atoms with Gasteiger partial charge in [-0.2, -0.15) is 17.6 Å². The van der Waals surface area contributed by atoms with Gasteiger partial charge in [-0.05, 0) is 60.7 Å². The molecule has 0 saturated carbocycles. The number of hydrogen-bond acceptors (Lipinski definition) is 13. The number of pyridine rings is 2. The third kappa shape index (κ3) is 13.6. The monoisotopic (exact) mass is 979 g/mol. The first kappa shape index (κ1) is 49.5. The highest BCUT2D eigenvalue weighted by Crippen LogP contribution is 2.26. The molecule has 26 heteroatoms. The van der Waals surface area contributed by atoms with Gasteiger partial charge in [0.25, 0.3) is 11.8 Å². The Balaban J connectivity index is 0.000000221. The summed E-state index contributed by atoms with van der Waals surface area (Å²) in [4.78, 5) is 63.0. The molecule has 67 heavy (non-hydrogen) atoms. The fourth-order valence-corrected chi connectivity index (χ4v) is 8.82. The number of alkyl halides is 4. The first-order valence-corrected chi connectivity index (χ1v) is 23.6. The van der Waals surface area contributed by atoms with E-state index in [0.717, 1.165) is 6.07 Å².